The second-order valence-corrected chi connectivity index (χ2v) is 6.84. The Morgan fingerprint density at radius 3 is 2.61 bits per heavy atom. The van der Waals surface area contributed by atoms with Crippen LogP contribution in [0.2, 0.25) is 0 Å². The minimum Gasteiger partial charge on any atom is -0.493 e. The maximum atomic E-state index is 12.5. The van der Waals surface area contributed by atoms with Crippen molar-refractivity contribution in [1.82, 2.24) is 4.90 Å². The molecular weight excluding hydrogens is 386 g/mol. The summed E-state index contributed by atoms with van der Waals surface area (Å²) < 4.78 is 15.2. The number of nitrogens with zero attached hydrogens (tertiary/aromatic N) is 1. The number of methoxy groups -OCH3 is 1. The Morgan fingerprint density at radius 1 is 1.21 bits per heavy atom. The smallest absolute Gasteiger partial charge is 0.326 e. The maximum Gasteiger partial charge on any atom is 0.326 e. The number of unbranched alkanes of at least 4 members (excludes halogenated alkanes) is 1. The molecule has 2 amide bonds. The van der Waals surface area contributed by atoms with Gasteiger partial charge in [-0.25, -0.2) is 0 Å². The molecule has 150 valence electrons. The summed E-state index contributed by atoms with van der Waals surface area (Å²) in [7, 11) is 1.42. The molecule has 1 aliphatic heterocycles. The van der Waals surface area contributed by atoms with Gasteiger partial charge in [0.15, 0.2) is 11.5 Å². The van der Waals surface area contributed by atoms with E-state index in [0.29, 0.717) is 11.3 Å². The lowest BCUT2D eigenvalue weighted by Crippen LogP contribution is -2.34. The number of ether oxygens (including phenoxy) is 3. The number of carbonyl (C=O) groups excluding carboxylic acids is 4. The summed E-state index contributed by atoms with van der Waals surface area (Å²) in [5, 5.41) is -0.535. The topological polar surface area (TPSA) is 99.2 Å². The average molecular weight is 407 g/mol. The molecule has 1 saturated heterocycles. The Balaban J connectivity index is 2.12. The van der Waals surface area contributed by atoms with E-state index in [1.54, 1.807) is 12.1 Å². The first-order valence-corrected chi connectivity index (χ1v) is 9.44. The highest BCUT2D eigenvalue weighted by Crippen LogP contribution is 2.34. The predicted molar refractivity (Wildman–Crippen MR) is 103 cm³/mol. The third kappa shape index (κ3) is 5.59. The van der Waals surface area contributed by atoms with E-state index in [1.165, 1.54) is 26.2 Å². The van der Waals surface area contributed by atoms with Gasteiger partial charge >= 0.3 is 11.9 Å². The predicted octanol–water partition coefficient (Wildman–Crippen LogP) is 3.00. The van der Waals surface area contributed by atoms with E-state index < -0.39 is 29.6 Å². The normalized spacial score (nSPS) is 15.1. The molecule has 9 heteroatoms. The van der Waals surface area contributed by atoms with Gasteiger partial charge < -0.3 is 14.2 Å². The molecule has 0 unspecified atom stereocenters. The van der Waals surface area contributed by atoms with Gasteiger partial charge in [0.1, 0.15) is 6.54 Å². The highest BCUT2D eigenvalue weighted by molar-refractivity contribution is 8.18. The van der Waals surface area contributed by atoms with Crippen LogP contribution in [0.1, 0.15) is 32.3 Å². The standard InChI is InChI=1S/C19H21NO7S/c1-4-5-8-26-17(22)11-20-18(23)16(28-19(20)24)10-13-6-7-14(27-12(2)21)15(9-13)25-3/h6-7,9-10H,4-5,8,11H2,1-3H3/b16-10-. The van der Waals surface area contributed by atoms with Crippen LogP contribution < -0.4 is 9.47 Å². The second-order valence-electron chi connectivity index (χ2n) is 5.85. The van der Waals surface area contributed by atoms with Crippen LogP contribution in [0.4, 0.5) is 4.79 Å². The Morgan fingerprint density at radius 2 is 1.96 bits per heavy atom. The molecule has 0 N–H and O–H groups in total. The molecule has 1 aromatic carbocycles. The van der Waals surface area contributed by atoms with E-state index in [9.17, 15) is 19.2 Å². The Labute approximate surface area is 166 Å². The van der Waals surface area contributed by atoms with Crippen LogP contribution in [0.25, 0.3) is 6.08 Å². The van der Waals surface area contributed by atoms with Crippen molar-refractivity contribution in [3.63, 3.8) is 0 Å². The van der Waals surface area contributed by atoms with E-state index in [1.807, 2.05) is 6.92 Å². The van der Waals surface area contributed by atoms with Gasteiger partial charge in [0.25, 0.3) is 11.1 Å². The summed E-state index contributed by atoms with van der Waals surface area (Å²) >= 11 is 0.740. The lowest BCUT2D eigenvalue weighted by molar-refractivity contribution is -0.146. The Kier molecular flexibility index (Phi) is 7.62. The lowest BCUT2D eigenvalue weighted by Gasteiger charge is -2.11. The minimum atomic E-state index is -0.621. The molecule has 0 spiro atoms. The van der Waals surface area contributed by atoms with Crippen LogP contribution in [0.3, 0.4) is 0 Å². The monoisotopic (exact) mass is 407 g/mol. The number of amides is 2. The van der Waals surface area contributed by atoms with Crippen molar-refractivity contribution >= 4 is 40.9 Å². The van der Waals surface area contributed by atoms with Crippen molar-refractivity contribution in [2.75, 3.05) is 20.3 Å². The molecule has 2 rings (SSSR count). The summed E-state index contributed by atoms with van der Waals surface area (Å²) in [6, 6.07) is 4.72. The SMILES string of the molecule is CCCCOC(=O)CN1C(=O)S/C(=C\c2ccc(OC(C)=O)c(OC)c2)C1=O. The van der Waals surface area contributed by atoms with Gasteiger partial charge in [-0.15, -0.1) is 0 Å². The van der Waals surface area contributed by atoms with Gasteiger partial charge in [0, 0.05) is 6.92 Å². The summed E-state index contributed by atoms with van der Waals surface area (Å²) in [5.41, 5.74) is 0.573. The number of carbonyl (C=O) groups is 4. The fraction of sp³-hybridized carbons (Fsp3) is 0.368. The molecule has 0 aromatic heterocycles. The van der Waals surface area contributed by atoms with Crippen molar-refractivity contribution in [3.05, 3.63) is 28.7 Å². The number of rotatable bonds is 8. The highest BCUT2D eigenvalue weighted by Gasteiger charge is 2.36. The zero-order valence-corrected chi connectivity index (χ0v) is 16.7. The number of benzene rings is 1. The van der Waals surface area contributed by atoms with Crippen molar-refractivity contribution in [3.8, 4) is 11.5 Å². The number of esters is 2. The van der Waals surface area contributed by atoms with Gasteiger partial charge in [0.05, 0.1) is 18.6 Å². The van der Waals surface area contributed by atoms with Crippen molar-refractivity contribution in [2.24, 2.45) is 0 Å². The first kappa shape index (κ1) is 21.5. The number of hydrogen-bond acceptors (Lipinski definition) is 8. The Hall–Kier alpha value is -2.81. The quantitative estimate of drug-likeness (QED) is 0.281. The van der Waals surface area contributed by atoms with Crippen LogP contribution in [-0.2, 0) is 19.1 Å². The summed E-state index contributed by atoms with van der Waals surface area (Å²) in [4.78, 5) is 48.5. The first-order valence-electron chi connectivity index (χ1n) is 8.63. The molecule has 8 nitrogen and oxygen atoms in total. The zero-order valence-electron chi connectivity index (χ0n) is 15.9. The fourth-order valence-electron chi connectivity index (χ4n) is 2.31. The maximum absolute atomic E-state index is 12.5. The molecule has 1 aliphatic rings. The molecule has 0 radical (unpaired) electrons. The summed E-state index contributed by atoms with van der Waals surface area (Å²) in [5.74, 6) is -1.12. The lowest BCUT2D eigenvalue weighted by atomic mass is 10.2. The van der Waals surface area contributed by atoms with E-state index >= 15 is 0 Å². The molecule has 0 aliphatic carbocycles. The van der Waals surface area contributed by atoms with Crippen molar-refractivity contribution in [2.45, 2.75) is 26.7 Å². The Bertz CT molecular complexity index is 819. The molecule has 0 bridgehead atoms. The zero-order chi connectivity index (χ0) is 20.7. The van der Waals surface area contributed by atoms with E-state index in [2.05, 4.69) is 0 Å². The third-order valence-corrected chi connectivity index (χ3v) is 4.57. The average Bonchev–Trinajstić information content (AvgIpc) is 2.90. The molecule has 28 heavy (non-hydrogen) atoms. The van der Waals surface area contributed by atoms with Crippen molar-refractivity contribution in [1.29, 1.82) is 0 Å². The minimum absolute atomic E-state index is 0.175. The third-order valence-electron chi connectivity index (χ3n) is 3.66. The van der Waals surface area contributed by atoms with Gasteiger partial charge in [0.2, 0.25) is 0 Å². The van der Waals surface area contributed by atoms with Gasteiger partial charge in [-0.05, 0) is 42.0 Å². The molecular formula is C19H21NO7S. The first-order chi connectivity index (χ1) is 13.3. The van der Waals surface area contributed by atoms with Gasteiger partial charge in [-0.3, -0.25) is 24.1 Å². The molecule has 0 atom stereocenters. The molecule has 1 fully saturated rings. The highest BCUT2D eigenvalue weighted by atomic mass is 32.2. The van der Waals surface area contributed by atoms with E-state index in [-0.39, 0.29) is 17.3 Å². The summed E-state index contributed by atoms with van der Waals surface area (Å²) in [6.07, 6.45) is 3.10. The second kappa shape index (κ2) is 9.93. The van der Waals surface area contributed by atoms with Crippen LogP contribution >= 0.6 is 11.8 Å². The van der Waals surface area contributed by atoms with Gasteiger partial charge in [-0.2, -0.15) is 0 Å². The van der Waals surface area contributed by atoms with Crippen molar-refractivity contribution < 1.29 is 33.4 Å². The van der Waals surface area contributed by atoms with E-state index in [0.717, 1.165) is 29.5 Å². The number of hydrogen-bond donors (Lipinski definition) is 0. The number of imide groups is 1. The molecule has 0 saturated carbocycles. The largest absolute Gasteiger partial charge is 0.493 e. The fourth-order valence-corrected chi connectivity index (χ4v) is 3.14. The molecule has 1 aromatic rings. The molecule has 1 heterocycles. The van der Waals surface area contributed by atoms with Crippen LogP contribution in [-0.4, -0.2) is 48.2 Å². The van der Waals surface area contributed by atoms with Crippen LogP contribution in [0, 0.1) is 0 Å². The van der Waals surface area contributed by atoms with Crippen LogP contribution in [0.15, 0.2) is 23.1 Å². The summed E-state index contributed by atoms with van der Waals surface area (Å²) in [6.45, 7) is 3.08. The number of thioether (sulfide) groups is 1. The van der Waals surface area contributed by atoms with E-state index in [4.69, 9.17) is 14.2 Å². The van der Waals surface area contributed by atoms with Gasteiger partial charge in [-0.1, -0.05) is 19.4 Å². The van der Waals surface area contributed by atoms with Crippen LogP contribution in [0.5, 0.6) is 11.5 Å².